The van der Waals surface area contributed by atoms with Gasteiger partial charge in [0.25, 0.3) is 0 Å². The number of methoxy groups -OCH3 is 2. The molecule has 156 valence electrons. The summed E-state index contributed by atoms with van der Waals surface area (Å²) in [5.74, 6) is 1.98. The van der Waals surface area contributed by atoms with Gasteiger partial charge in [-0.25, -0.2) is 9.97 Å². The first-order chi connectivity index (χ1) is 14.2. The van der Waals surface area contributed by atoms with Crippen LogP contribution in [-0.2, 0) is 14.3 Å². The fourth-order valence-corrected chi connectivity index (χ4v) is 3.44. The van der Waals surface area contributed by atoms with Gasteiger partial charge in [0.15, 0.2) is 0 Å². The van der Waals surface area contributed by atoms with Crippen LogP contribution in [0.15, 0.2) is 36.5 Å². The molecular weight excluding hydrogens is 370 g/mol. The smallest absolute Gasteiger partial charge is 0.248 e. The summed E-state index contributed by atoms with van der Waals surface area (Å²) in [6.07, 6.45) is 4.34. The zero-order chi connectivity index (χ0) is 20.5. The molecule has 7 nitrogen and oxygen atoms in total. The second-order valence-corrected chi connectivity index (χ2v) is 7.08. The molecule has 1 aromatic carbocycles. The molecule has 0 spiro atoms. The van der Waals surface area contributed by atoms with Gasteiger partial charge in [-0.3, -0.25) is 4.79 Å². The van der Waals surface area contributed by atoms with Crippen molar-refractivity contribution in [3.8, 4) is 17.0 Å². The van der Waals surface area contributed by atoms with Crippen LogP contribution in [0.4, 0.5) is 0 Å². The summed E-state index contributed by atoms with van der Waals surface area (Å²) in [5.41, 5.74) is 1.94. The third-order valence-corrected chi connectivity index (χ3v) is 5.14. The van der Waals surface area contributed by atoms with Crippen LogP contribution < -0.4 is 4.74 Å². The van der Waals surface area contributed by atoms with E-state index in [1.165, 1.54) is 0 Å². The van der Waals surface area contributed by atoms with Crippen LogP contribution in [0.25, 0.3) is 11.3 Å². The molecule has 3 rings (SSSR count). The number of carbonyl (C=O) groups is 1. The highest BCUT2D eigenvalue weighted by Crippen LogP contribution is 2.27. The highest BCUT2D eigenvalue weighted by Gasteiger charge is 2.25. The van der Waals surface area contributed by atoms with Crippen LogP contribution in [0.3, 0.4) is 0 Å². The molecule has 0 N–H and O–H groups in total. The molecule has 29 heavy (non-hydrogen) atoms. The largest absolute Gasteiger partial charge is 0.497 e. The Bertz CT molecular complexity index is 774. The van der Waals surface area contributed by atoms with Crippen molar-refractivity contribution in [3.05, 3.63) is 42.4 Å². The predicted octanol–water partition coefficient (Wildman–Crippen LogP) is 2.91. The molecule has 1 saturated heterocycles. The number of rotatable bonds is 9. The normalized spacial score (nSPS) is 14.8. The zero-order valence-electron chi connectivity index (χ0n) is 17.2. The molecule has 0 unspecified atom stereocenters. The van der Waals surface area contributed by atoms with Crippen molar-refractivity contribution < 1.29 is 19.0 Å². The van der Waals surface area contributed by atoms with E-state index >= 15 is 0 Å². The highest BCUT2D eigenvalue weighted by atomic mass is 16.5. The summed E-state index contributed by atoms with van der Waals surface area (Å²) in [6, 6.07) is 9.78. The lowest BCUT2D eigenvalue weighted by molar-refractivity contribution is -0.137. The highest BCUT2D eigenvalue weighted by molar-refractivity contribution is 5.77. The molecule has 2 aromatic rings. The number of aromatic nitrogens is 2. The van der Waals surface area contributed by atoms with E-state index in [2.05, 4.69) is 4.98 Å². The number of amides is 1. The van der Waals surface area contributed by atoms with Crippen LogP contribution >= 0.6 is 0 Å². The Labute approximate surface area is 172 Å². The predicted molar refractivity (Wildman–Crippen MR) is 110 cm³/mol. The van der Waals surface area contributed by atoms with Gasteiger partial charge in [0.1, 0.15) is 18.2 Å². The van der Waals surface area contributed by atoms with E-state index in [1.54, 1.807) is 14.2 Å². The summed E-state index contributed by atoms with van der Waals surface area (Å²) in [7, 11) is 3.31. The number of nitrogens with zero attached hydrogens (tertiary/aromatic N) is 3. The molecular formula is C22H29N3O4. The summed E-state index contributed by atoms with van der Waals surface area (Å²) >= 11 is 0. The first-order valence-corrected chi connectivity index (χ1v) is 10.0. The molecule has 1 amide bonds. The standard InChI is InChI=1S/C22H29N3O4/c1-27-14-3-15-29-16-21(26)25-12-9-18(10-13-25)22-23-11-8-20(24-22)17-4-6-19(28-2)7-5-17/h4-8,11,18H,3,9-10,12-16H2,1-2H3. The quantitative estimate of drug-likeness (QED) is 0.604. The molecule has 2 heterocycles. The molecule has 0 saturated carbocycles. The maximum Gasteiger partial charge on any atom is 0.248 e. The van der Waals surface area contributed by atoms with Crippen molar-refractivity contribution >= 4 is 5.91 Å². The topological polar surface area (TPSA) is 73.8 Å². The number of carbonyl (C=O) groups excluding carboxylic acids is 1. The van der Waals surface area contributed by atoms with Crippen LogP contribution in [0.1, 0.15) is 31.0 Å². The number of piperidine rings is 1. The van der Waals surface area contributed by atoms with Gasteiger partial charge in [-0.15, -0.1) is 0 Å². The summed E-state index contributed by atoms with van der Waals surface area (Å²) in [4.78, 5) is 23.4. The monoisotopic (exact) mass is 399 g/mol. The molecule has 0 bridgehead atoms. The van der Waals surface area contributed by atoms with Crippen molar-refractivity contribution in [1.82, 2.24) is 14.9 Å². The second-order valence-electron chi connectivity index (χ2n) is 7.08. The number of hydrogen-bond acceptors (Lipinski definition) is 6. The fourth-order valence-electron chi connectivity index (χ4n) is 3.44. The molecule has 1 aliphatic heterocycles. The molecule has 0 radical (unpaired) electrons. The third kappa shape index (κ3) is 5.98. The van der Waals surface area contributed by atoms with Gasteiger partial charge < -0.3 is 19.1 Å². The SMILES string of the molecule is COCCCOCC(=O)N1CCC(c2nccc(-c3ccc(OC)cc3)n2)CC1. The average molecular weight is 399 g/mol. The van der Waals surface area contributed by atoms with Crippen molar-refractivity contribution in [3.63, 3.8) is 0 Å². The Balaban J connectivity index is 1.52. The Kier molecular flexibility index (Phi) is 7.95. The summed E-state index contributed by atoms with van der Waals surface area (Å²) in [6.45, 7) is 2.75. The Hall–Kier alpha value is -2.51. The van der Waals surface area contributed by atoms with E-state index in [-0.39, 0.29) is 18.4 Å². The van der Waals surface area contributed by atoms with Gasteiger partial charge in [-0.05, 0) is 49.6 Å². The van der Waals surface area contributed by atoms with Gasteiger partial charge in [0.2, 0.25) is 5.91 Å². The van der Waals surface area contributed by atoms with Crippen molar-refractivity contribution in [1.29, 1.82) is 0 Å². The van der Waals surface area contributed by atoms with Gasteiger partial charge in [-0.1, -0.05) is 0 Å². The lowest BCUT2D eigenvalue weighted by Gasteiger charge is -2.31. The minimum atomic E-state index is 0.0498. The van der Waals surface area contributed by atoms with Gasteiger partial charge in [0.05, 0.1) is 12.8 Å². The van der Waals surface area contributed by atoms with Gasteiger partial charge in [-0.2, -0.15) is 0 Å². The third-order valence-electron chi connectivity index (χ3n) is 5.14. The Morgan fingerprint density at radius 1 is 1.10 bits per heavy atom. The molecule has 1 fully saturated rings. The molecule has 0 aliphatic carbocycles. The molecule has 1 aromatic heterocycles. The van der Waals surface area contributed by atoms with Crippen molar-refractivity contribution in [2.75, 3.05) is 47.1 Å². The zero-order valence-corrected chi connectivity index (χ0v) is 17.2. The minimum Gasteiger partial charge on any atom is -0.497 e. The maximum absolute atomic E-state index is 12.3. The van der Waals surface area contributed by atoms with Crippen molar-refractivity contribution in [2.24, 2.45) is 0 Å². The van der Waals surface area contributed by atoms with E-state index in [1.807, 2.05) is 41.4 Å². The summed E-state index contributed by atoms with van der Waals surface area (Å²) in [5, 5.41) is 0. The van der Waals surface area contributed by atoms with Crippen LogP contribution in [-0.4, -0.2) is 67.9 Å². The van der Waals surface area contributed by atoms with E-state index in [0.29, 0.717) is 26.3 Å². The number of hydrogen-bond donors (Lipinski definition) is 0. The van der Waals surface area contributed by atoms with Crippen molar-refractivity contribution in [2.45, 2.75) is 25.2 Å². The minimum absolute atomic E-state index is 0.0498. The van der Waals surface area contributed by atoms with Gasteiger partial charge in [0, 0.05) is 51.1 Å². The van der Waals surface area contributed by atoms with Crippen LogP contribution in [0, 0.1) is 0 Å². The lowest BCUT2D eigenvalue weighted by atomic mass is 9.95. The maximum atomic E-state index is 12.3. The van der Waals surface area contributed by atoms with E-state index in [4.69, 9.17) is 19.2 Å². The molecule has 1 aliphatic rings. The van der Waals surface area contributed by atoms with Crippen LogP contribution in [0.5, 0.6) is 5.75 Å². The number of ether oxygens (including phenoxy) is 3. The van der Waals surface area contributed by atoms with Crippen LogP contribution in [0.2, 0.25) is 0 Å². The second kappa shape index (κ2) is 10.9. The number of likely N-dealkylation sites (tertiary alicyclic amines) is 1. The first-order valence-electron chi connectivity index (χ1n) is 10.0. The average Bonchev–Trinajstić information content (AvgIpc) is 2.79. The van der Waals surface area contributed by atoms with E-state index < -0.39 is 0 Å². The number of benzene rings is 1. The lowest BCUT2D eigenvalue weighted by Crippen LogP contribution is -2.40. The molecule has 0 atom stereocenters. The molecule has 7 heteroatoms. The van der Waals surface area contributed by atoms with E-state index in [0.717, 1.165) is 42.1 Å². The van der Waals surface area contributed by atoms with E-state index in [9.17, 15) is 4.79 Å². The first kappa shape index (κ1) is 21.2. The Morgan fingerprint density at radius 2 is 1.86 bits per heavy atom. The fraction of sp³-hybridized carbons (Fsp3) is 0.500. The summed E-state index contributed by atoms with van der Waals surface area (Å²) < 4.78 is 15.6. The Morgan fingerprint density at radius 3 is 2.55 bits per heavy atom. The van der Waals surface area contributed by atoms with Gasteiger partial charge >= 0.3 is 0 Å².